The molecule has 0 aliphatic carbocycles. The van der Waals surface area contributed by atoms with Crippen LogP contribution in [-0.2, 0) is 35.7 Å². The summed E-state index contributed by atoms with van der Waals surface area (Å²) >= 11 is 49.4. The number of thioether (sulfide) groups is 5. The SMILES string of the molecule is C=CCn1c2nc(Nc3ccc(N4CCC5(CCN(C)CC5)CC4)cc3)ncc2c(=O)n1-c1ccccc1Cl.C=CCn1c2nc(SC)ncc2c(=O)n1-c1ccccc1Cl.CCOC(=O)c1cnc(SC)nc1Cl.CCOC(=O)c1cnc(SC)nc1NCc1ccccc1Cl.CSc1ncc(C(=O)O)c(NCc2ccccc2Cl)n1.CSc1ncc2c(=O)n(-c3ccccc3Cl)[nH]c2n1.Cl.NNc1ccccc1Cl. The van der Waals surface area contributed by atoms with E-state index in [0.29, 0.717) is 168 Å². The molecule has 16 aromatic rings. The zero-order valence-electron chi connectivity index (χ0n) is 80.0. The Kier molecular flexibility index (Phi) is 43.8. The van der Waals surface area contributed by atoms with E-state index in [1.54, 1.807) is 90.2 Å². The van der Waals surface area contributed by atoms with Gasteiger partial charge in [-0.25, -0.2) is 83.3 Å². The van der Waals surface area contributed by atoms with Crippen LogP contribution in [0.5, 0.6) is 0 Å². The summed E-state index contributed by atoms with van der Waals surface area (Å²) in [5.74, 6) is 4.26. The fourth-order valence-electron chi connectivity index (χ4n) is 14.8. The number of ether oxygens (including phenoxy) is 2. The number of allylic oxidation sites excluding steroid dienone is 2. The maximum Gasteiger partial charge on any atom is 0.343 e. The Bertz CT molecular complexity index is 7420. The molecule has 1 spiro atoms. The second-order valence-electron chi connectivity index (χ2n) is 31.2. The number of piperidine rings is 2. The number of hydrazine groups is 1. The van der Waals surface area contributed by atoms with E-state index in [1.165, 1.54) is 142 Å². The number of benzene rings is 7. The molecular formula is C99H101Cl8N25O9S5. The molecule has 2 aliphatic heterocycles. The highest BCUT2D eigenvalue weighted by Gasteiger charge is 2.37. The van der Waals surface area contributed by atoms with Crippen LogP contribution in [0.15, 0.2) is 273 Å². The number of carboxylic acid groups (broad SMARTS) is 1. The van der Waals surface area contributed by atoms with E-state index in [4.69, 9.17) is 107 Å². The van der Waals surface area contributed by atoms with Crippen LogP contribution in [0.2, 0.25) is 35.3 Å². The highest BCUT2D eigenvalue weighted by molar-refractivity contribution is 7.99. The molecule has 11 heterocycles. The van der Waals surface area contributed by atoms with Gasteiger partial charge in [0.2, 0.25) is 5.95 Å². The maximum atomic E-state index is 13.3. The van der Waals surface area contributed by atoms with E-state index in [-0.39, 0.29) is 51.2 Å². The first-order chi connectivity index (χ1) is 70.1. The lowest BCUT2D eigenvalue weighted by Crippen LogP contribution is -2.46. The molecule has 2 aliphatic rings. The van der Waals surface area contributed by atoms with Gasteiger partial charge in [-0.15, -0.1) is 25.6 Å². The summed E-state index contributed by atoms with van der Waals surface area (Å²) < 4.78 is 17.8. The van der Waals surface area contributed by atoms with Crippen LogP contribution in [0, 0.1) is 5.41 Å². The van der Waals surface area contributed by atoms with E-state index < -0.39 is 17.9 Å². The number of esters is 2. The van der Waals surface area contributed by atoms with Gasteiger partial charge in [-0.05, 0) is 192 Å². The number of nitrogens with one attached hydrogen (secondary N) is 5. The van der Waals surface area contributed by atoms with E-state index >= 15 is 0 Å². The lowest BCUT2D eigenvalue weighted by Gasteiger charge is -2.46. The smallest absolute Gasteiger partial charge is 0.343 e. The number of aromatic amines is 1. The van der Waals surface area contributed by atoms with Crippen molar-refractivity contribution >= 4 is 238 Å². The molecule has 0 radical (unpaired) electrons. The average molecular weight is 2230 g/mol. The Hall–Kier alpha value is -12.3. The van der Waals surface area contributed by atoms with Gasteiger partial charge in [0.1, 0.15) is 49.6 Å². The number of para-hydroxylation sites is 4. The quantitative estimate of drug-likeness (QED) is 0.00478. The molecule has 18 rings (SSSR count). The summed E-state index contributed by atoms with van der Waals surface area (Å²) in [6, 6.07) is 52.2. The molecule has 0 amide bonds. The lowest BCUT2D eigenvalue weighted by atomic mass is 9.71. The summed E-state index contributed by atoms with van der Waals surface area (Å²) in [6.45, 7) is 18.0. The Balaban J connectivity index is 0.000000168. The lowest BCUT2D eigenvalue weighted by molar-refractivity contribution is 0.0516. The minimum atomic E-state index is -1.07. The predicted molar refractivity (Wildman–Crippen MR) is 594 cm³/mol. The molecule has 2 saturated heterocycles. The number of H-pyrrole nitrogens is 1. The van der Waals surface area contributed by atoms with Gasteiger partial charge in [0.25, 0.3) is 16.7 Å². The molecule has 34 nitrogen and oxygen atoms in total. The van der Waals surface area contributed by atoms with Gasteiger partial charge in [0.05, 0.1) is 69.1 Å². The van der Waals surface area contributed by atoms with Gasteiger partial charge in [-0.3, -0.25) is 34.7 Å². The second kappa shape index (κ2) is 56.0. The third kappa shape index (κ3) is 29.6. The van der Waals surface area contributed by atoms with Crippen LogP contribution in [0.4, 0.5) is 34.6 Å². The topological polar surface area (TPSA) is 417 Å². The highest BCUT2D eigenvalue weighted by Crippen LogP contribution is 2.43. The van der Waals surface area contributed by atoms with E-state index in [1.807, 2.05) is 134 Å². The number of hydrogen-bond acceptors (Lipinski definition) is 32. The number of aromatic carboxylic acids is 1. The monoisotopic (exact) mass is 2220 g/mol. The van der Waals surface area contributed by atoms with Gasteiger partial charge in [-0.2, -0.15) is 4.98 Å². The molecule has 47 heteroatoms. The van der Waals surface area contributed by atoms with Gasteiger partial charge in [-0.1, -0.05) is 237 Å². The number of aromatic nitrogens is 18. The number of rotatable bonds is 27. The Labute approximate surface area is 903 Å². The zero-order valence-corrected chi connectivity index (χ0v) is 90.2. The first-order valence-electron chi connectivity index (χ1n) is 44.6. The van der Waals surface area contributed by atoms with Gasteiger partial charge < -0.3 is 45.8 Å². The molecule has 762 valence electrons. The maximum absolute atomic E-state index is 13.3. The number of nitrogens with zero attached hydrogens (tertiary/aromatic N) is 19. The van der Waals surface area contributed by atoms with Crippen molar-refractivity contribution in [3.63, 3.8) is 0 Å². The number of carboxylic acids is 1. The number of likely N-dealkylation sites (tertiary alicyclic amines) is 1. The summed E-state index contributed by atoms with van der Waals surface area (Å²) in [4.78, 5) is 128. The summed E-state index contributed by atoms with van der Waals surface area (Å²) in [5.41, 5.74) is 11.0. The minimum absolute atomic E-state index is 0. The van der Waals surface area contributed by atoms with Crippen molar-refractivity contribution in [2.75, 3.05) is 104 Å². The number of nitrogens with two attached hydrogens (primary N) is 1. The highest BCUT2D eigenvalue weighted by atomic mass is 35.5. The van der Waals surface area contributed by atoms with Crippen molar-refractivity contribution in [3.8, 4) is 17.1 Å². The van der Waals surface area contributed by atoms with E-state index in [0.717, 1.165) is 35.6 Å². The third-order valence-corrected chi connectivity index (χ3v) is 27.3. The summed E-state index contributed by atoms with van der Waals surface area (Å²) in [6.07, 6.45) is 26.8. The standard InChI is InChI=1S/C30H34ClN7O.C15H13ClN4OS.C15H16ClN3O2S.C13H12ClN3O2S.C12H9ClN4OS.C8H9ClN2O2S.C6H7ClN2.ClH/c1-3-16-37-27-24(28(39)38(37)26-7-5-4-6-25(26)31)21-32-29(34-27)33-22-8-10-23(11-9-22)36-19-14-30(15-20-36)12-17-35(2)18-13-30;1-3-8-19-13-10(9-17-15(18-13)22-2)14(21)20(19)12-7-5-4-6-11(12)16;1-3-21-14(20)11-9-18-15(22-2)19-13(11)17-8-10-6-4-5-7-12(10)16;1-20-13-16-7-9(12(18)19)11(17-13)15-6-8-4-2-3-5-10(8)14;1-19-12-14-6-7-10(15-12)16-17(11(7)18)9-5-3-2-4-8(9)13;1-3-13-7(12)5-4-10-8(14-2)11-6(5)9;7-5-3-1-2-4-6(5)9-8;/h3-11,21H,1,12-20H2,2H3,(H,32,33,34);3-7,9H,1,8H2,2H3;4-7,9H,3,8H2,1-2H3,(H,17,18,19);2-5,7H,6H2,1H3,(H,18,19)(H,15,16,17);2-6H,1H3,(H,14,15,16);4H,3H2,1-2H3;1-4,9H,8H2;1H. The van der Waals surface area contributed by atoms with Gasteiger partial charge >= 0.3 is 17.9 Å². The van der Waals surface area contributed by atoms with Crippen molar-refractivity contribution in [2.45, 2.75) is 91.5 Å². The molecule has 7 aromatic carbocycles. The number of anilines is 6. The molecule has 0 saturated carbocycles. The zero-order chi connectivity index (χ0) is 104. The molecule has 146 heavy (non-hydrogen) atoms. The number of carbonyl (C=O) groups is 3. The van der Waals surface area contributed by atoms with E-state index in [9.17, 15) is 28.8 Å². The van der Waals surface area contributed by atoms with Gasteiger partial charge in [0, 0.05) is 84.8 Å². The van der Waals surface area contributed by atoms with Crippen LogP contribution in [-0.4, -0.2) is 194 Å². The van der Waals surface area contributed by atoms with Gasteiger partial charge in [0.15, 0.2) is 42.7 Å². The third-order valence-electron chi connectivity index (χ3n) is 22.2. The number of hydrogen-bond donors (Lipinski definition) is 7. The van der Waals surface area contributed by atoms with Crippen LogP contribution in [0.1, 0.15) is 81.7 Å². The first-order valence-corrected chi connectivity index (χ1v) is 53.3. The molecule has 0 atom stereocenters. The van der Waals surface area contributed by atoms with Crippen LogP contribution in [0.3, 0.4) is 0 Å². The fraction of sp³-hybridized carbons (Fsp3) is 0.232. The summed E-state index contributed by atoms with van der Waals surface area (Å²) in [7, 11) is 2.23. The molecular weight excluding hydrogens is 2130 g/mol. The molecule has 9 aromatic heterocycles. The Morgan fingerprint density at radius 2 is 0.877 bits per heavy atom. The second-order valence-corrected chi connectivity index (χ2v) is 37.9. The largest absolute Gasteiger partial charge is 0.477 e. The normalized spacial score (nSPS) is 12.3. The van der Waals surface area contributed by atoms with Crippen LogP contribution >= 0.6 is 152 Å². The van der Waals surface area contributed by atoms with Crippen molar-refractivity contribution in [3.05, 3.63) is 327 Å². The molecule has 0 bridgehead atoms. The molecule has 0 unspecified atom stereocenters. The number of nitrogen functional groups attached to an aromatic ring is 1. The minimum Gasteiger partial charge on any atom is -0.477 e. The Morgan fingerprint density at radius 1 is 0.473 bits per heavy atom. The number of halogens is 8. The molecule has 2 fully saturated rings. The number of carbonyl (C=O) groups excluding carboxylic acids is 2. The van der Waals surface area contributed by atoms with Crippen molar-refractivity contribution in [1.29, 1.82) is 0 Å². The Morgan fingerprint density at radius 3 is 1.34 bits per heavy atom. The van der Waals surface area contributed by atoms with Crippen molar-refractivity contribution in [2.24, 2.45) is 11.3 Å². The fourth-order valence-corrected chi connectivity index (χ4v) is 18.0. The van der Waals surface area contributed by atoms with E-state index in [2.05, 4.69) is 136 Å². The van der Waals surface area contributed by atoms with Crippen molar-refractivity contribution < 1.29 is 29.0 Å². The number of fused-ring (bicyclic) bond motifs is 3. The van der Waals surface area contributed by atoms with Crippen LogP contribution < -0.4 is 48.8 Å². The first kappa shape index (κ1) is 114. The molecule has 8 N–H and O–H groups in total. The van der Waals surface area contributed by atoms with Crippen LogP contribution in [0.25, 0.3) is 50.2 Å². The summed E-state index contributed by atoms with van der Waals surface area (Å²) in [5, 5.41) is 29.2. The average Bonchev–Trinajstić information content (AvgIpc) is 1.60. The van der Waals surface area contributed by atoms with Crippen molar-refractivity contribution in [1.82, 2.24) is 93.2 Å². The predicted octanol–water partition coefficient (Wildman–Crippen LogP) is 22.0.